The van der Waals surface area contributed by atoms with Gasteiger partial charge in [0.25, 0.3) is 0 Å². The maximum absolute atomic E-state index is 2.70. The fourth-order valence-corrected chi connectivity index (χ4v) is 6.19. The molecule has 0 amide bonds. The van der Waals surface area contributed by atoms with Gasteiger partial charge in [-0.25, -0.2) is 0 Å². The summed E-state index contributed by atoms with van der Waals surface area (Å²) in [6.45, 7) is 9.47. The summed E-state index contributed by atoms with van der Waals surface area (Å²) >= 11 is 0. The van der Waals surface area contributed by atoms with Gasteiger partial charge in [-0.05, 0) is 25.7 Å². The Morgan fingerprint density at radius 1 is 0.342 bits per heavy atom. The van der Waals surface area contributed by atoms with Gasteiger partial charge in [-0.1, -0.05) is 175 Å². The molecule has 0 aliphatic carbocycles. The third-order valence-electron chi connectivity index (χ3n) is 8.82. The number of rotatable bonds is 30. The Balaban J connectivity index is 2.20. The molecule has 38 heavy (non-hydrogen) atoms. The Morgan fingerprint density at radius 3 is 0.921 bits per heavy atom. The zero-order chi connectivity index (χ0) is 27.4. The minimum Gasteiger partial charge on any atom is -0.356 e. The van der Waals surface area contributed by atoms with Gasteiger partial charge in [0.1, 0.15) is 6.17 Å². The second-order valence-electron chi connectivity index (χ2n) is 12.5. The summed E-state index contributed by atoms with van der Waals surface area (Å²) in [6.07, 6.45) is 45.5. The Kier molecular flexibility index (Phi) is 26.0. The van der Waals surface area contributed by atoms with Crippen LogP contribution in [0.15, 0.2) is 12.4 Å². The first kappa shape index (κ1) is 35.4. The van der Waals surface area contributed by atoms with E-state index < -0.39 is 0 Å². The van der Waals surface area contributed by atoms with E-state index >= 15 is 0 Å². The van der Waals surface area contributed by atoms with Crippen molar-refractivity contribution < 1.29 is 0 Å². The van der Waals surface area contributed by atoms with Crippen LogP contribution in [0, 0.1) is 0 Å². The molecule has 0 fully saturated rings. The minimum absolute atomic E-state index is 0.642. The molecule has 1 aliphatic rings. The van der Waals surface area contributed by atoms with E-state index in [4.69, 9.17) is 0 Å². The minimum atomic E-state index is 0.642. The van der Waals surface area contributed by atoms with Crippen LogP contribution in [-0.4, -0.2) is 29.1 Å². The second-order valence-corrected chi connectivity index (χ2v) is 12.5. The molecule has 1 unspecified atom stereocenters. The van der Waals surface area contributed by atoms with Gasteiger partial charge in [-0.2, -0.15) is 0 Å². The van der Waals surface area contributed by atoms with Crippen LogP contribution in [-0.2, 0) is 0 Å². The molecule has 0 N–H and O–H groups in total. The van der Waals surface area contributed by atoms with Crippen LogP contribution >= 0.6 is 0 Å². The predicted octanol–water partition coefficient (Wildman–Crippen LogP) is 12.4. The second kappa shape index (κ2) is 27.9. The van der Waals surface area contributed by atoms with Crippen molar-refractivity contribution in [2.45, 2.75) is 207 Å². The molecular formula is C36H72N2. The summed E-state index contributed by atoms with van der Waals surface area (Å²) in [5.74, 6) is 0. The Labute approximate surface area is 241 Å². The van der Waals surface area contributed by atoms with E-state index in [0.29, 0.717) is 6.17 Å². The number of nitrogens with zero attached hydrogens (tertiary/aromatic N) is 2. The van der Waals surface area contributed by atoms with Crippen molar-refractivity contribution >= 4 is 0 Å². The van der Waals surface area contributed by atoms with Crippen molar-refractivity contribution in [3.05, 3.63) is 12.4 Å². The first-order chi connectivity index (χ1) is 18.8. The summed E-state index contributed by atoms with van der Waals surface area (Å²) in [6, 6.07) is 0. The lowest BCUT2D eigenvalue weighted by Gasteiger charge is -2.33. The highest BCUT2D eigenvalue weighted by molar-refractivity contribution is 4.97. The largest absolute Gasteiger partial charge is 0.356 e. The van der Waals surface area contributed by atoms with Crippen LogP contribution < -0.4 is 0 Å². The molecule has 0 aromatic heterocycles. The summed E-state index contributed by atoms with van der Waals surface area (Å²) in [7, 11) is 0. The maximum atomic E-state index is 2.70. The summed E-state index contributed by atoms with van der Waals surface area (Å²) < 4.78 is 0. The van der Waals surface area contributed by atoms with E-state index in [-0.39, 0.29) is 0 Å². The smallest absolute Gasteiger partial charge is 0.101 e. The number of unbranched alkanes of at least 4 members (excludes halogenated alkanes) is 24. The van der Waals surface area contributed by atoms with Gasteiger partial charge < -0.3 is 9.80 Å². The average Bonchev–Trinajstić information content (AvgIpc) is 3.31. The van der Waals surface area contributed by atoms with Crippen molar-refractivity contribution in [3.63, 3.8) is 0 Å². The standard InChI is InChI=1S/C36H72N2/c1-4-7-10-13-15-17-19-21-23-25-28-31-36-37(32-29-26-12-9-6-3)34-35-38(36)33-30-27-24-22-20-18-16-14-11-8-5-2/h34-36H,4-33H2,1-3H3. The van der Waals surface area contributed by atoms with Crippen molar-refractivity contribution in [2.24, 2.45) is 0 Å². The normalized spacial score (nSPS) is 15.3. The van der Waals surface area contributed by atoms with E-state index in [2.05, 4.69) is 43.0 Å². The monoisotopic (exact) mass is 533 g/mol. The molecule has 2 heteroatoms. The molecule has 1 rings (SSSR count). The van der Waals surface area contributed by atoms with Crippen LogP contribution in [0.5, 0.6) is 0 Å². The van der Waals surface area contributed by atoms with Crippen molar-refractivity contribution in [2.75, 3.05) is 13.1 Å². The fourth-order valence-electron chi connectivity index (χ4n) is 6.19. The maximum Gasteiger partial charge on any atom is 0.101 e. The van der Waals surface area contributed by atoms with Gasteiger partial charge in [0.2, 0.25) is 0 Å². The molecule has 2 nitrogen and oxygen atoms in total. The molecule has 0 aromatic carbocycles. The van der Waals surface area contributed by atoms with Gasteiger partial charge in [-0.3, -0.25) is 0 Å². The molecule has 226 valence electrons. The molecule has 0 radical (unpaired) electrons. The highest BCUT2D eigenvalue weighted by Gasteiger charge is 2.24. The molecule has 0 saturated heterocycles. The van der Waals surface area contributed by atoms with Gasteiger partial charge in [0, 0.05) is 25.5 Å². The predicted molar refractivity (Wildman–Crippen MR) is 173 cm³/mol. The van der Waals surface area contributed by atoms with E-state index in [1.54, 1.807) is 0 Å². The zero-order valence-electron chi connectivity index (χ0n) is 26.8. The lowest BCUT2D eigenvalue weighted by Crippen LogP contribution is -2.39. The zero-order valence-corrected chi connectivity index (χ0v) is 26.8. The highest BCUT2D eigenvalue weighted by Crippen LogP contribution is 2.24. The van der Waals surface area contributed by atoms with Crippen LogP contribution in [0.3, 0.4) is 0 Å². The average molecular weight is 533 g/mol. The van der Waals surface area contributed by atoms with Gasteiger partial charge in [0.05, 0.1) is 0 Å². The van der Waals surface area contributed by atoms with Crippen LogP contribution in [0.2, 0.25) is 0 Å². The van der Waals surface area contributed by atoms with E-state index in [0.717, 1.165) is 0 Å². The number of hydrogen-bond donors (Lipinski definition) is 0. The van der Waals surface area contributed by atoms with Gasteiger partial charge in [0.15, 0.2) is 0 Å². The first-order valence-corrected chi connectivity index (χ1v) is 18.0. The fraction of sp³-hybridized carbons (Fsp3) is 0.944. The van der Waals surface area contributed by atoms with Gasteiger partial charge in [-0.15, -0.1) is 0 Å². The van der Waals surface area contributed by atoms with Crippen molar-refractivity contribution in [3.8, 4) is 0 Å². The Hall–Kier alpha value is -0.660. The molecule has 1 aliphatic heterocycles. The Bertz CT molecular complexity index is 488. The lowest BCUT2D eigenvalue weighted by molar-refractivity contribution is 0.135. The Morgan fingerprint density at radius 2 is 0.605 bits per heavy atom. The molecule has 0 bridgehead atoms. The van der Waals surface area contributed by atoms with Crippen LogP contribution in [0.1, 0.15) is 201 Å². The van der Waals surface area contributed by atoms with Gasteiger partial charge >= 0.3 is 0 Å². The third kappa shape index (κ3) is 20.3. The van der Waals surface area contributed by atoms with E-state index in [1.165, 1.54) is 193 Å². The summed E-state index contributed by atoms with van der Waals surface area (Å²) in [5.41, 5.74) is 0. The lowest BCUT2D eigenvalue weighted by atomic mass is 10.0. The van der Waals surface area contributed by atoms with Crippen LogP contribution in [0.25, 0.3) is 0 Å². The molecule has 1 heterocycles. The van der Waals surface area contributed by atoms with E-state index in [9.17, 15) is 0 Å². The molecule has 0 aromatic rings. The summed E-state index contributed by atoms with van der Waals surface area (Å²) in [5, 5.41) is 0. The summed E-state index contributed by atoms with van der Waals surface area (Å²) in [4.78, 5) is 5.40. The first-order valence-electron chi connectivity index (χ1n) is 18.0. The quantitative estimate of drug-likeness (QED) is 0.0848. The van der Waals surface area contributed by atoms with Crippen LogP contribution in [0.4, 0.5) is 0 Å². The third-order valence-corrected chi connectivity index (χ3v) is 8.82. The molecular weight excluding hydrogens is 460 g/mol. The number of hydrogen-bond acceptors (Lipinski definition) is 2. The van der Waals surface area contributed by atoms with Crippen molar-refractivity contribution in [1.82, 2.24) is 9.80 Å². The highest BCUT2D eigenvalue weighted by atomic mass is 15.4. The molecule has 0 spiro atoms. The van der Waals surface area contributed by atoms with Crippen molar-refractivity contribution in [1.29, 1.82) is 0 Å². The molecule has 0 saturated carbocycles. The van der Waals surface area contributed by atoms with E-state index in [1.807, 2.05) is 0 Å². The SMILES string of the molecule is CCCCCCCCCCCCCC1N(CCCCCCC)C=CN1CCCCCCCCCCCCC. The molecule has 1 atom stereocenters. The topological polar surface area (TPSA) is 6.48 Å².